The third kappa shape index (κ3) is 3.47. The van der Waals surface area contributed by atoms with Gasteiger partial charge in [0.1, 0.15) is 5.82 Å². The number of benzene rings is 2. The molecule has 0 radical (unpaired) electrons. The third-order valence-electron chi connectivity index (χ3n) is 5.42. The maximum atomic E-state index is 14.4. The number of fused-ring (bicyclic) bond motifs is 1. The van der Waals surface area contributed by atoms with Crippen LogP contribution in [0.1, 0.15) is 19.3 Å². The number of likely N-dealkylation sites (tertiary alicyclic amines) is 1. The van der Waals surface area contributed by atoms with Gasteiger partial charge in [-0.25, -0.2) is 8.70 Å². The fourth-order valence-corrected chi connectivity index (χ4v) is 5.67. The Labute approximate surface area is 165 Å². The monoisotopic (exact) mass is 404 g/mol. The lowest BCUT2D eigenvalue weighted by Crippen LogP contribution is -2.41. The standard InChI is InChI=1S/C20H25FN4O2S/c21-17-6-1-2-7-18(17)25-20-9-4-3-8-19(20)24(28(25,26)27)13-5-12-23-14-10-16(22)11-15-23/h1-4,6-9,16H,5,10-15,22H2. The first-order valence-electron chi connectivity index (χ1n) is 9.63. The number of nitrogens with two attached hydrogens (primary N) is 1. The van der Waals surface area contributed by atoms with Crippen LogP contribution in [0.25, 0.3) is 0 Å². The average Bonchev–Trinajstić information content (AvgIpc) is 2.90. The summed E-state index contributed by atoms with van der Waals surface area (Å²) in [6.07, 6.45) is 2.66. The van der Waals surface area contributed by atoms with Gasteiger partial charge in [0, 0.05) is 12.6 Å². The molecule has 2 heterocycles. The van der Waals surface area contributed by atoms with E-state index in [1.54, 1.807) is 36.4 Å². The molecule has 0 unspecified atom stereocenters. The Bertz CT molecular complexity index is 945. The van der Waals surface area contributed by atoms with Crippen molar-refractivity contribution in [2.45, 2.75) is 25.3 Å². The number of halogens is 1. The predicted molar refractivity (Wildman–Crippen MR) is 110 cm³/mol. The molecule has 4 rings (SSSR count). The third-order valence-corrected chi connectivity index (χ3v) is 7.21. The van der Waals surface area contributed by atoms with Crippen molar-refractivity contribution in [2.24, 2.45) is 5.73 Å². The van der Waals surface area contributed by atoms with E-state index in [0.29, 0.717) is 24.3 Å². The summed E-state index contributed by atoms with van der Waals surface area (Å²) in [7, 11) is -3.89. The van der Waals surface area contributed by atoms with Crippen LogP contribution in [0.3, 0.4) is 0 Å². The molecule has 0 atom stereocenters. The van der Waals surface area contributed by atoms with Crippen molar-refractivity contribution < 1.29 is 12.8 Å². The number of nitrogens with zero attached hydrogens (tertiary/aromatic N) is 3. The van der Waals surface area contributed by atoms with E-state index in [4.69, 9.17) is 5.73 Å². The second kappa shape index (κ2) is 7.69. The second-order valence-corrected chi connectivity index (χ2v) is 9.02. The molecule has 1 fully saturated rings. The minimum atomic E-state index is -3.89. The highest BCUT2D eigenvalue weighted by atomic mass is 32.2. The zero-order valence-electron chi connectivity index (χ0n) is 15.7. The first kappa shape index (κ1) is 19.2. The van der Waals surface area contributed by atoms with Gasteiger partial charge in [-0.15, -0.1) is 0 Å². The van der Waals surface area contributed by atoms with E-state index in [0.717, 1.165) is 36.8 Å². The van der Waals surface area contributed by atoms with Crippen LogP contribution in [0.15, 0.2) is 48.5 Å². The van der Waals surface area contributed by atoms with Crippen molar-refractivity contribution in [2.75, 3.05) is 34.8 Å². The lowest BCUT2D eigenvalue weighted by atomic mass is 10.1. The number of rotatable bonds is 5. The molecule has 0 aromatic heterocycles. The highest BCUT2D eigenvalue weighted by Crippen LogP contribution is 2.45. The van der Waals surface area contributed by atoms with Gasteiger partial charge < -0.3 is 10.6 Å². The Kier molecular flexibility index (Phi) is 5.27. The van der Waals surface area contributed by atoms with Crippen molar-refractivity contribution in [1.29, 1.82) is 0 Å². The van der Waals surface area contributed by atoms with Crippen LogP contribution in [0.2, 0.25) is 0 Å². The van der Waals surface area contributed by atoms with Gasteiger partial charge in [-0.05, 0) is 63.2 Å². The fourth-order valence-electron chi connectivity index (χ4n) is 3.91. The van der Waals surface area contributed by atoms with Crippen LogP contribution < -0.4 is 14.3 Å². The topological polar surface area (TPSA) is 69.9 Å². The van der Waals surface area contributed by atoms with E-state index in [2.05, 4.69) is 4.90 Å². The lowest BCUT2D eigenvalue weighted by molar-refractivity contribution is 0.212. The molecular weight excluding hydrogens is 379 g/mol. The summed E-state index contributed by atoms with van der Waals surface area (Å²) >= 11 is 0. The normalized spacial score (nSPS) is 19.8. The number of anilines is 3. The lowest BCUT2D eigenvalue weighted by Gasteiger charge is -2.30. The van der Waals surface area contributed by atoms with Crippen molar-refractivity contribution >= 4 is 27.3 Å². The van der Waals surface area contributed by atoms with E-state index in [1.165, 1.54) is 16.4 Å². The molecule has 0 amide bonds. The van der Waals surface area contributed by atoms with Gasteiger partial charge in [0.05, 0.1) is 17.1 Å². The molecule has 0 bridgehead atoms. The van der Waals surface area contributed by atoms with E-state index in [9.17, 15) is 12.8 Å². The zero-order chi connectivity index (χ0) is 19.7. The molecule has 2 aliphatic rings. The first-order chi connectivity index (χ1) is 13.5. The summed E-state index contributed by atoms with van der Waals surface area (Å²) in [5.74, 6) is -0.563. The van der Waals surface area contributed by atoms with Gasteiger partial charge in [-0.2, -0.15) is 8.42 Å². The van der Waals surface area contributed by atoms with Gasteiger partial charge in [0.2, 0.25) is 0 Å². The fraction of sp³-hybridized carbons (Fsp3) is 0.400. The molecular formula is C20H25FN4O2S. The second-order valence-electron chi connectivity index (χ2n) is 7.32. The minimum absolute atomic E-state index is 0.0440. The number of piperidine rings is 1. The summed E-state index contributed by atoms with van der Waals surface area (Å²) in [5.41, 5.74) is 7.06. The van der Waals surface area contributed by atoms with Crippen LogP contribution in [0, 0.1) is 5.82 Å². The maximum absolute atomic E-state index is 14.4. The summed E-state index contributed by atoms with van der Waals surface area (Å²) < 4.78 is 43.5. The van der Waals surface area contributed by atoms with Gasteiger partial charge in [-0.1, -0.05) is 24.3 Å². The molecule has 0 aliphatic carbocycles. The Hall–Kier alpha value is -2.16. The Morgan fingerprint density at radius 2 is 1.54 bits per heavy atom. The molecule has 8 heteroatoms. The van der Waals surface area contributed by atoms with E-state index < -0.39 is 16.0 Å². The van der Waals surface area contributed by atoms with Crippen molar-refractivity contribution in [3.8, 4) is 0 Å². The Morgan fingerprint density at radius 1 is 0.929 bits per heavy atom. The molecule has 150 valence electrons. The van der Waals surface area contributed by atoms with Gasteiger partial charge in [0.25, 0.3) is 0 Å². The SMILES string of the molecule is NC1CCN(CCCN2c3ccccc3N(c3ccccc3F)S2(=O)=O)CC1. The first-order valence-corrected chi connectivity index (χ1v) is 11.0. The van der Waals surface area contributed by atoms with E-state index >= 15 is 0 Å². The quantitative estimate of drug-likeness (QED) is 0.832. The summed E-state index contributed by atoms with van der Waals surface area (Å²) in [5, 5.41) is 0. The molecule has 0 saturated carbocycles. The summed E-state index contributed by atoms with van der Waals surface area (Å²) in [6, 6.07) is 13.3. The molecule has 2 aliphatic heterocycles. The maximum Gasteiger partial charge on any atom is 0.331 e. The minimum Gasteiger partial charge on any atom is -0.328 e. The highest BCUT2D eigenvalue weighted by molar-refractivity contribution is 7.95. The number of hydrogen-bond donors (Lipinski definition) is 1. The van der Waals surface area contributed by atoms with Crippen LogP contribution in [-0.4, -0.2) is 45.5 Å². The average molecular weight is 405 g/mol. The van der Waals surface area contributed by atoms with Crippen LogP contribution in [-0.2, 0) is 10.2 Å². The van der Waals surface area contributed by atoms with Gasteiger partial charge in [-0.3, -0.25) is 4.31 Å². The zero-order valence-corrected chi connectivity index (χ0v) is 16.5. The largest absolute Gasteiger partial charge is 0.331 e. The molecule has 6 nitrogen and oxygen atoms in total. The number of hydrogen-bond acceptors (Lipinski definition) is 4. The number of para-hydroxylation sites is 3. The summed E-state index contributed by atoms with van der Waals surface area (Å²) in [6.45, 7) is 3.07. The van der Waals surface area contributed by atoms with E-state index in [-0.39, 0.29) is 11.7 Å². The Morgan fingerprint density at radius 3 is 2.21 bits per heavy atom. The smallest absolute Gasteiger partial charge is 0.328 e. The van der Waals surface area contributed by atoms with Crippen molar-refractivity contribution in [1.82, 2.24) is 4.90 Å². The highest BCUT2D eigenvalue weighted by Gasteiger charge is 2.41. The molecule has 2 N–H and O–H groups in total. The van der Waals surface area contributed by atoms with Crippen LogP contribution in [0.5, 0.6) is 0 Å². The molecule has 2 aromatic rings. The van der Waals surface area contributed by atoms with Crippen LogP contribution in [0.4, 0.5) is 21.5 Å². The van der Waals surface area contributed by atoms with Gasteiger partial charge >= 0.3 is 10.2 Å². The van der Waals surface area contributed by atoms with Crippen molar-refractivity contribution in [3.63, 3.8) is 0 Å². The molecule has 0 spiro atoms. The Balaban J connectivity index is 1.56. The molecule has 1 saturated heterocycles. The van der Waals surface area contributed by atoms with Crippen molar-refractivity contribution in [3.05, 3.63) is 54.3 Å². The molecule has 2 aromatic carbocycles. The van der Waals surface area contributed by atoms with Crippen LogP contribution >= 0.6 is 0 Å². The summed E-state index contributed by atoms with van der Waals surface area (Å²) in [4.78, 5) is 2.33. The van der Waals surface area contributed by atoms with Gasteiger partial charge in [0.15, 0.2) is 0 Å². The molecule has 28 heavy (non-hydrogen) atoms. The van der Waals surface area contributed by atoms with E-state index in [1.807, 2.05) is 0 Å². The predicted octanol–water partition coefficient (Wildman–Crippen LogP) is 2.84.